The molecule has 0 aliphatic carbocycles. The van der Waals surface area contributed by atoms with Gasteiger partial charge in [-0.3, -0.25) is 0 Å². The molecule has 0 aromatic heterocycles. The predicted octanol–water partition coefficient (Wildman–Crippen LogP) is 3.69. The normalized spacial score (nSPS) is 18.1. The van der Waals surface area contributed by atoms with Crippen LogP contribution in [0, 0.1) is 0 Å². The average Bonchev–Trinajstić information content (AvgIpc) is 2.71. The summed E-state index contributed by atoms with van der Waals surface area (Å²) in [6.45, 7) is 10.3. The summed E-state index contributed by atoms with van der Waals surface area (Å²) >= 11 is 1.15. The summed E-state index contributed by atoms with van der Waals surface area (Å²) in [6, 6.07) is 0. The van der Waals surface area contributed by atoms with Gasteiger partial charge in [-0.05, 0) is 39.0 Å². The van der Waals surface area contributed by atoms with Gasteiger partial charge in [-0.1, -0.05) is 20.1 Å². The van der Waals surface area contributed by atoms with E-state index in [9.17, 15) is 9.59 Å². The zero-order valence-electron chi connectivity index (χ0n) is 11.7. The molecule has 0 aromatic rings. The third-order valence-electron chi connectivity index (χ3n) is 2.38. The number of carbonyl (C=O) groups is 2. The van der Waals surface area contributed by atoms with Gasteiger partial charge in [0.1, 0.15) is 12.2 Å². The van der Waals surface area contributed by atoms with Crippen LogP contribution in [0.1, 0.15) is 34.6 Å². The molecule has 1 saturated heterocycles. The van der Waals surface area contributed by atoms with E-state index in [2.05, 4.69) is 6.58 Å². The Kier molecular flexibility index (Phi) is 7.71. The summed E-state index contributed by atoms with van der Waals surface area (Å²) in [5.74, 6) is 0. The molecule has 1 amide bonds. The number of rotatable bonds is 3. The Morgan fingerprint density at radius 3 is 2.65 bits per heavy atom. The second-order valence-corrected chi connectivity index (χ2v) is 6.54. The Labute approximate surface area is 125 Å². The van der Waals surface area contributed by atoms with Gasteiger partial charge in [0.2, 0.25) is 0 Å². The number of nitrogens with zero attached hydrogens (tertiary/aromatic N) is 1. The van der Waals surface area contributed by atoms with Gasteiger partial charge in [0.25, 0.3) is 0 Å². The highest BCUT2D eigenvalue weighted by molar-refractivity contribution is 8.13. The molecule has 6 heteroatoms. The predicted molar refractivity (Wildman–Crippen MR) is 82.1 cm³/mol. The molecule has 5 nitrogen and oxygen atoms in total. The van der Waals surface area contributed by atoms with E-state index in [1.807, 2.05) is 20.8 Å². The fraction of sp³-hybridized carbons (Fsp3) is 0.714. The van der Waals surface area contributed by atoms with Crippen LogP contribution in [0.3, 0.4) is 0 Å². The van der Waals surface area contributed by atoms with Crippen LogP contribution in [0.5, 0.6) is 0 Å². The molecule has 1 rings (SSSR count). The molecule has 0 bridgehead atoms. The maximum absolute atomic E-state index is 11.7. The van der Waals surface area contributed by atoms with E-state index in [4.69, 9.17) is 9.47 Å². The minimum Gasteiger partial charge on any atom is -0.452 e. The maximum atomic E-state index is 11.7. The number of carbonyl (C=O) groups excluding carboxylic acids is 2. The fourth-order valence-corrected chi connectivity index (χ4v) is 2.67. The first-order chi connectivity index (χ1) is 8.81. The first-order valence-electron chi connectivity index (χ1n) is 6.24. The smallest absolute Gasteiger partial charge is 0.410 e. The Hall–Kier alpha value is -1.17. The number of likely N-dealkylation sites (tertiary alicyclic amines) is 1. The molecule has 0 aromatic carbocycles. The van der Waals surface area contributed by atoms with Gasteiger partial charge < -0.3 is 14.4 Å². The van der Waals surface area contributed by atoms with Crippen LogP contribution >= 0.6 is 11.8 Å². The summed E-state index contributed by atoms with van der Waals surface area (Å²) in [4.78, 5) is 24.9. The summed E-state index contributed by atoms with van der Waals surface area (Å²) in [7, 11) is 0. The molecule has 1 aliphatic heterocycles. The fourth-order valence-electron chi connectivity index (χ4n) is 1.62. The van der Waals surface area contributed by atoms with Crippen LogP contribution < -0.4 is 0 Å². The molecule has 1 aliphatic rings. The molecule has 0 spiro atoms. The number of amides is 1. The van der Waals surface area contributed by atoms with E-state index >= 15 is 0 Å². The van der Waals surface area contributed by atoms with Crippen molar-refractivity contribution in [2.75, 3.05) is 19.7 Å². The minimum atomic E-state index is -0.481. The SMILES string of the molecule is C.C=CCOC(=O)N1CCC(SC(=O)OC(C)(C)C)C1. The van der Waals surface area contributed by atoms with E-state index in [1.165, 1.54) is 6.08 Å². The van der Waals surface area contributed by atoms with E-state index in [-0.39, 0.29) is 30.7 Å². The summed E-state index contributed by atoms with van der Waals surface area (Å²) < 4.78 is 10.2. The van der Waals surface area contributed by atoms with Crippen LogP contribution in [-0.4, -0.2) is 46.8 Å². The van der Waals surface area contributed by atoms with Crippen molar-refractivity contribution in [3.63, 3.8) is 0 Å². The van der Waals surface area contributed by atoms with Crippen molar-refractivity contribution in [2.24, 2.45) is 0 Å². The highest BCUT2D eigenvalue weighted by Gasteiger charge is 2.30. The minimum absolute atomic E-state index is 0. The van der Waals surface area contributed by atoms with Crippen LogP contribution in [0.2, 0.25) is 0 Å². The van der Waals surface area contributed by atoms with Gasteiger partial charge in [0, 0.05) is 18.3 Å². The standard InChI is InChI=1S/C13H21NO4S.CH4/c1-5-8-17-11(15)14-7-6-10(9-14)19-12(16)18-13(2,3)4;/h5,10H,1,6-9H2,2-4H3;1H4. The molecule has 116 valence electrons. The lowest BCUT2D eigenvalue weighted by Crippen LogP contribution is -2.30. The summed E-state index contributed by atoms with van der Waals surface area (Å²) in [5, 5.41) is -0.218. The Bertz CT molecular complexity index is 352. The monoisotopic (exact) mass is 303 g/mol. The Balaban J connectivity index is 0.00000361. The van der Waals surface area contributed by atoms with Crippen molar-refractivity contribution < 1.29 is 19.1 Å². The van der Waals surface area contributed by atoms with Crippen molar-refractivity contribution in [3.8, 4) is 0 Å². The van der Waals surface area contributed by atoms with Crippen LogP contribution in [0.4, 0.5) is 9.59 Å². The molecule has 0 saturated carbocycles. The Morgan fingerprint density at radius 1 is 1.45 bits per heavy atom. The van der Waals surface area contributed by atoms with Gasteiger partial charge in [0.15, 0.2) is 0 Å². The second kappa shape index (κ2) is 8.19. The van der Waals surface area contributed by atoms with E-state index in [1.54, 1.807) is 4.90 Å². The molecule has 1 atom stereocenters. The average molecular weight is 303 g/mol. The molecular formula is C14H25NO4S. The van der Waals surface area contributed by atoms with Crippen molar-refractivity contribution in [3.05, 3.63) is 12.7 Å². The molecule has 0 N–H and O–H groups in total. The molecule has 0 radical (unpaired) electrons. The number of thioether (sulfide) groups is 1. The lowest BCUT2D eigenvalue weighted by molar-refractivity contribution is 0.0736. The molecule has 1 heterocycles. The van der Waals surface area contributed by atoms with Crippen LogP contribution in [0.15, 0.2) is 12.7 Å². The first kappa shape index (κ1) is 18.8. The maximum Gasteiger partial charge on any atom is 0.410 e. The summed E-state index contributed by atoms with van der Waals surface area (Å²) in [6.07, 6.45) is 1.95. The van der Waals surface area contributed by atoms with Gasteiger partial charge in [-0.25, -0.2) is 9.59 Å². The molecule has 1 fully saturated rings. The van der Waals surface area contributed by atoms with E-state index < -0.39 is 5.60 Å². The van der Waals surface area contributed by atoms with Gasteiger partial charge >= 0.3 is 11.4 Å². The van der Waals surface area contributed by atoms with Crippen LogP contribution in [-0.2, 0) is 9.47 Å². The number of hydrogen-bond acceptors (Lipinski definition) is 5. The zero-order valence-corrected chi connectivity index (χ0v) is 12.5. The van der Waals surface area contributed by atoms with E-state index in [0.29, 0.717) is 13.1 Å². The molecule has 1 unspecified atom stereocenters. The number of ether oxygens (including phenoxy) is 2. The van der Waals surface area contributed by atoms with E-state index in [0.717, 1.165) is 18.2 Å². The first-order valence-corrected chi connectivity index (χ1v) is 7.12. The third-order valence-corrected chi connectivity index (χ3v) is 3.37. The lowest BCUT2D eigenvalue weighted by Gasteiger charge is -2.20. The second-order valence-electron chi connectivity index (χ2n) is 5.30. The van der Waals surface area contributed by atoms with Crippen LogP contribution in [0.25, 0.3) is 0 Å². The lowest BCUT2D eigenvalue weighted by atomic mass is 10.2. The van der Waals surface area contributed by atoms with Crippen molar-refractivity contribution in [2.45, 2.75) is 45.5 Å². The molecule has 20 heavy (non-hydrogen) atoms. The van der Waals surface area contributed by atoms with Crippen molar-refractivity contribution in [1.29, 1.82) is 0 Å². The van der Waals surface area contributed by atoms with Crippen molar-refractivity contribution >= 4 is 23.2 Å². The molecular weight excluding hydrogens is 278 g/mol. The highest BCUT2D eigenvalue weighted by atomic mass is 32.2. The van der Waals surface area contributed by atoms with Gasteiger partial charge in [-0.15, -0.1) is 0 Å². The zero-order chi connectivity index (χ0) is 14.5. The largest absolute Gasteiger partial charge is 0.452 e. The highest BCUT2D eigenvalue weighted by Crippen LogP contribution is 2.26. The third kappa shape index (κ3) is 6.84. The summed E-state index contributed by atoms with van der Waals surface area (Å²) in [5.41, 5.74) is -0.481. The van der Waals surface area contributed by atoms with Gasteiger partial charge in [-0.2, -0.15) is 0 Å². The van der Waals surface area contributed by atoms with Gasteiger partial charge in [0.05, 0.1) is 0 Å². The topological polar surface area (TPSA) is 55.8 Å². The quantitative estimate of drug-likeness (QED) is 0.588. The Morgan fingerprint density at radius 2 is 2.10 bits per heavy atom. The van der Waals surface area contributed by atoms with Crippen molar-refractivity contribution in [1.82, 2.24) is 4.90 Å². The number of hydrogen-bond donors (Lipinski definition) is 0.